The summed E-state index contributed by atoms with van der Waals surface area (Å²) < 4.78 is 5.25. The van der Waals surface area contributed by atoms with E-state index in [9.17, 15) is 4.79 Å². The van der Waals surface area contributed by atoms with E-state index in [0.29, 0.717) is 12.5 Å². The van der Waals surface area contributed by atoms with Gasteiger partial charge in [-0.05, 0) is 55.7 Å². The standard InChI is InChI=1S/C14H23NO3/c1-3-4-9-18-14(16)13-7-5-12(6-8-13)11(2)10-15-17/h12-13,17H,3-9H2,1-2H3. The molecule has 0 unspecified atom stereocenters. The SMILES string of the molecule is CCCCOC(=O)C1CCC(C(C)=C=NO)CC1. The number of ether oxygens (including phenoxy) is 1. The molecular formula is C14H23NO3. The molecule has 1 N–H and O–H groups in total. The maximum absolute atomic E-state index is 11.8. The van der Waals surface area contributed by atoms with Crippen molar-refractivity contribution in [2.75, 3.05) is 6.61 Å². The summed E-state index contributed by atoms with van der Waals surface area (Å²) in [6.45, 7) is 4.55. The molecule has 0 radical (unpaired) electrons. The highest BCUT2D eigenvalue weighted by atomic mass is 16.5. The van der Waals surface area contributed by atoms with E-state index in [1.165, 1.54) is 0 Å². The van der Waals surface area contributed by atoms with Gasteiger partial charge in [0.25, 0.3) is 0 Å². The molecule has 4 nitrogen and oxygen atoms in total. The summed E-state index contributed by atoms with van der Waals surface area (Å²) in [5, 5.41) is 11.4. The monoisotopic (exact) mass is 253 g/mol. The van der Waals surface area contributed by atoms with E-state index in [1.54, 1.807) is 0 Å². The van der Waals surface area contributed by atoms with Crippen LogP contribution in [0.1, 0.15) is 52.4 Å². The molecule has 0 atom stereocenters. The number of unbranched alkanes of at least 4 members (excludes halogenated alkanes) is 1. The van der Waals surface area contributed by atoms with Crippen LogP contribution in [0, 0.1) is 11.8 Å². The van der Waals surface area contributed by atoms with Gasteiger partial charge >= 0.3 is 5.97 Å². The Morgan fingerprint density at radius 3 is 2.50 bits per heavy atom. The smallest absolute Gasteiger partial charge is 0.308 e. The van der Waals surface area contributed by atoms with E-state index in [1.807, 2.05) is 6.92 Å². The molecule has 1 fully saturated rings. The van der Waals surface area contributed by atoms with Gasteiger partial charge in [0.05, 0.1) is 12.5 Å². The van der Waals surface area contributed by atoms with Crippen molar-refractivity contribution in [1.29, 1.82) is 0 Å². The first-order chi connectivity index (χ1) is 8.69. The number of nitrogens with zero attached hydrogens (tertiary/aromatic N) is 1. The Kier molecular flexibility index (Phi) is 6.51. The molecule has 0 aliphatic heterocycles. The van der Waals surface area contributed by atoms with Crippen molar-refractivity contribution in [1.82, 2.24) is 0 Å². The highest BCUT2D eigenvalue weighted by Crippen LogP contribution is 2.32. The Labute approximate surface area is 109 Å². The van der Waals surface area contributed by atoms with Gasteiger partial charge in [0.2, 0.25) is 0 Å². The number of hydrogen-bond donors (Lipinski definition) is 1. The van der Waals surface area contributed by atoms with Gasteiger partial charge in [-0.3, -0.25) is 4.79 Å². The zero-order valence-electron chi connectivity index (χ0n) is 11.3. The largest absolute Gasteiger partial charge is 0.465 e. The molecule has 0 spiro atoms. The molecule has 0 aromatic carbocycles. The Morgan fingerprint density at radius 2 is 1.94 bits per heavy atom. The molecule has 18 heavy (non-hydrogen) atoms. The summed E-state index contributed by atoms with van der Waals surface area (Å²) >= 11 is 0. The fraction of sp³-hybridized carbons (Fsp3) is 0.786. The van der Waals surface area contributed by atoms with Crippen LogP contribution in [0.25, 0.3) is 0 Å². The lowest BCUT2D eigenvalue weighted by Gasteiger charge is -2.26. The Balaban J connectivity index is 2.35. The molecule has 0 heterocycles. The van der Waals surface area contributed by atoms with Gasteiger partial charge in [0, 0.05) is 5.87 Å². The van der Waals surface area contributed by atoms with Crippen molar-refractivity contribution in [2.24, 2.45) is 17.0 Å². The van der Waals surface area contributed by atoms with Crippen LogP contribution < -0.4 is 0 Å². The molecule has 0 amide bonds. The van der Waals surface area contributed by atoms with E-state index in [4.69, 9.17) is 9.94 Å². The van der Waals surface area contributed by atoms with Crippen molar-refractivity contribution in [3.8, 4) is 0 Å². The van der Waals surface area contributed by atoms with Gasteiger partial charge in [0.15, 0.2) is 0 Å². The van der Waals surface area contributed by atoms with Crippen LogP contribution in [0.2, 0.25) is 0 Å². The quantitative estimate of drug-likeness (QED) is 0.269. The fourth-order valence-electron chi connectivity index (χ4n) is 2.37. The predicted molar refractivity (Wildman–Crippen MR) is 69.7 cm³/mol. The summed E-state index contributed by atoms with van der Waals surface area (Å²) in [6, 6.07) is 0. The summed E-state index contributed by atoms with van der Waals surface area (Å²) in [4.78, 5) is 11.8. The molecule has 1 saturated carbocycles. The van der Waals surface area contributed by atoms with E-state index in [2.05, 4.69) is 17.9 Å². The lowest BCUT2D eigenvalue weighted by Crippen LogP contribution is -2.24. The average Bonchev–Trinajstić information content (AvgIpc) is 2.39. The highest BCUT2D eigenvalue weighted by Gasteiger charge is 2.28. The van der Waals surface area contributed by atoms with Crippen molar-refractivity contribution in [3.05, 3.63) is 5.57 Å². The van der Waals surface area contributed by atoms with E-state index >= 15 is 0 Å². The number of rotatable bonds is 5. The summed E-state index contributed by atoms with van der Waals surface area (Å²) in [6.07, 6.45) is 5.60. The minimum absolute atomic E-state index is 0.0423. The van der Waals surface area contributed by atoms with Crippen LogP contribution in [-0.2, 0) is 9.53 Å². The van der Waals surface area contributed by atoms with Gasteiger partial charge in [-0.2, -0.15) is 0 Å². The first-order valence-corrected chi connectivity index (χ1v) is 6.79. The topological polar surface area (TPSA) is 58.9 Å². The fourth-order valence-corrected chi connectivity index (χ4v) is 2.37. The third-order valence-electron chi connectivity index (χ3n) is 3.64. The molecule has 1 aliphatic carbocycles. The lowest BCUT2D eigenvalue weighted by atomic mass is 9.79. The molecule has 0 aromatic rings. The van der Waals surface area contributed by atoms with Gasteiger partial charge in [-0.1, -0.05) is 13.3 Å². The second-order valence-corrected chi connectivity index (χ2v) is 4.96. The second kappa shape index (κ2) is 7.93. The van der Waals surface area contributed by atoms with E-state index in [-0.39, 0.29) is 11.9 Å². The van der Waals surface area contributed by atoms with Crippen molar-refractivity contribution >= 4 is 11.8 Å². The molecule has 4 heteroatoms. The van der Waals surface area contributed by atoms with Crippen LogP contribution in [0.3, 0.4) is 0 Å². The number of hydrogen-bond acceptors (Lipinski definition) is 4. The molecule has 0 saturated heterocycles. The third kappa shape index (κ3) is 4.53. The zero-order valence-corrected chi connectivity index (χ0v) is 11.3. The van der Waals surface area contributed by atoms with Crippen LogP contribution in [-0.4, -0.2) is 23.7 Å². The molecule has 1 aliphatic rings. The minimum Gasteiger partial charge on any atom is -0.465 e. The maximum atomic E-state index is 11.8. The average molecular weight is 253 g/mol. The zero-order chi connectivity index (χ0) is 13.4. The van der Waals surface area contributed by atoms with Crippen LogP contribution in [0.4, 0.5) is 0 Å². The second-order valence-electron chi connectivity index (χ2n) is 4.96. The van der Waals surface area contributed by atoms with E-state index in [0.717, 1.165) is 44.1 Å². The summed E-state index contributed by atoms with van der Waals surface area (Å²) in [5.74, 6) is 2.98. The van der Waals surface area contributed by atoms with Gasteiger partial charge in [0.1, 0.15) is 0 Å². The minimum atomic E-state index is -0.0423. The van der Waals surface area contributed by atoms with E-state index < -0.39 is 0 Å². The summed E-state index contributed by atoms with van der Waals surface area (Å²) in [7, 11) is 0. The summed E-state index contributed by atoms with van der Waals surface area (Å²) in [5.41, 5.74) is 0.968. The highest BCUT2D eigenvalue weighted by molar-refractivity contribution is 5.72. The normalized spacial score (nSPS) is 23.0. The number of carbonyl (C=O) groups is 1. The molecule has 0 bridgehead atoms. The Bertz CT molecular complexity index is 324. The predicted octanol–water partition coefficient (Wildman–Crippen LogP) is 3.14. The van der Waals surface area contributed by atoms with Crippen LogP contribution in [0.5, 0.6) is 0 Å². The first kappa shape index (κ1) is 14.8. The van der Waals surface area contributed by atoms with Crippen molar-refractivity contribution < 1.29 is 14.7 Å². The van der Waals surface area contributed by atoms with Crippen LogP contribution in [0.15, 0.2) is 10.7 Å². The molecule has 0 aromatic heterocycles. The van der Waals surface area contributed by atoms with Gasteiger partial charge < -0.3 is 9.94 Å². The first-order valence-electron chi connectivity index (χ1n) is 6.79. The van der Waals surface area contributed by atoms with Gasteiger partial charge in [-0.15, -0.1) is 0 Å². The Hall–Kier alpha value is -1.28. The third-order valence-corrected chi connectivity index (χ3v) is 3.64. The molecular weight excluding hydrogens is 230 g/mol. The number of carbonyl (C=O) groups excluding carboxylic acids is 1. The lowest BCUT2D eigenvalue weighted by molar-refractivity contribution is -0.150. The number of esters is 1. The van der Waals surface area contributed by atoms with Crippen molar-refractivity contribution in [3.63, 3.8) is 0 Å². The number of allylic oxidation sites excluding steroid dienone is 1. The maximum Gasteiger partial charge on any atom is 0.308 e. The molecule has 102 valence electrons. The van der Waals surface area contributed by atoms with Gasteiger partial charge in [-0.25, -0.2) is 0 Å². The van der Waals surface area contributed by atoms with Crippen LogP contribution >= 0.6 is 0 Å². The Morgan fingerprint density at radius 1 is 1.33 bits per heavy atom. The van der Waals surface area contributed by atoms with Crippen molar-refractivity contribution in [2.45, 2.75) is 52.4 Å². The molecule has 1 rings (SSSR count).